The Morgan fingerprint density at radius 2 is 1.74 bits per heavy atom. The topological polar surface area (TPSA) is 66.5 Å². The monoisotopic (exact) mass is 290 g/mol. The Bertz CT molecular complexity index is 371. The number of rotatable bonds is 7. The third-order valence-corrected chi connectivity index (χ3v) is 5.60. The molecule has 1 saturated heterocycles. The summed E-state index contributed by atoms with van der Waals surface area (Å²) in [5.74, 6) is -0.0182. The third-order valence-electron chi connectivity index (χ3n) is 3.72. The van der Waals surface area contributed by atoms with E-state index in [2.05, 4.69) is 5.32 Å². The van der Waals surface area contributed by atoms with E-state index in [9.17, 15) is 13.2 Å². The first-order valence-corrected chi connectivity index (χ1v) is 8.87. The summed E-state index contributed by atoms with van der Waals surface area (Å²) in [5, 5.41) is 2.74. The van der Waals surface area contributed by atoms with E-state index in [1.54, 1.807) is 4.31 Å². The van der Waals surface area contributed by atoms with Gasteiger partial charge in [-0.25, -0.2) is 12.7 Å². The average Bonchev–Trinajstić information content (AvgIpc) is 2.41. The van der Waals surface area contributed by atoms with Crippen molar-refractivity contribution in [3.8, 4) is 0 Å². The van der Waals surface area contributed by atoms with Gasteiger partial charge in [0.05, 0.1) is 5.75 Å². The predicted octanol–water partition coefficient (Wildman–Crippen LogP) is 1.35. The van der Waals surface area contributed by atoms with Crippen molar-refractivity contribution in [1.29, 1.82) is 0 Å². The molecule has 0 spiro atoms. The summed E-state index contributed by atoms with van der Waals surface area (Å²) in [6.45, 7) is 5.41. The maximum Gasteiger partial charge on any atom is 0.223 e. The molecule has 5 nitrogen and oxygen atoms in total. The Balaban J connectivity index is 2.37. The SMILES string of the molecule is CCC(CC)C(=O)NCCS(=O)(=O)N1CCCCC1. The van der Waals surface area contributed by atoms with Crippen LogP contribution in [0.25, 0.3) is 0 Å². The Hall–Kier alpha value is -0.620. The first-order valence-electron chi connectivity index (χ1n) is 7.26. The van der Waals surface area contributed by atoms with Crippen molar-refractivity contribution in [2.75, 3.05) is 25.4 Å². The molecule has 1 rings (SSSR count). The number of amides is 1. The van der Waals surface area contributed by atoms with Crippen LogP contribution in [0.5, 0.6) is 0 Å². The molecule has 1 aliphatic heterocycles. The van der Waals surface area contributed by atoms with Gasteiger partial charge in [0, 0.05) is 25.6 Å². The zero-order chi connectivity index (χ0) is 14.3. The fraction of sp³-hybridized carbons (Fsp3) is 0.923. The summed E-state index contributed by atoms with van der Waals surface area (Å²) in [6, 6.07) is 0. The van der Waals surface area contributed by atoms with Gasteiger partial charge in [0.1, 0.15) is 0 Å². The van der Waals surface area contributed by atoms with Gasteiger partial charge in [-0.05, 0) is 25.7 Å². The second-order valence-corrected chi connectivity index (χ2v) is 7.17. The van der Waals surface area contributed by atoms with Gasteiger partial charge in [0.15, 0.2) is 0 Å². The molecule has 112 valence electrons. The molecule has 0 aromatic rings. The van der Waals surface area contributed by atoms with Crippen LogP contribution in [0.1, 0.15) is 46.0 Å². The van der Waals surface area contributed by atoms with Crippen LogP contribution in [0.2, 0.25) is 0 Å². The summed E-state index contributed by atoms with van der Waals surface area (Å²) < 4.78 is 25.7. The van der Waals surface area contributed by atoms with Crippen molar-refractivity contribution in [3.63, 3.8) is 0 Å². The minimum atomic E-state index is -3.20. The van der Waals surface area contributed by atoms with Crippen molar-refractivity contribution in [2.45, 2.75) is 46.0 Å². The lowest BCUT2D eigenvalue weighted by Crippen LogP contribution is -2.41. The Labute approximate surface area is 116 Å². The Morgan fingerprint density at radius 1 is 1.16 bits per heavy atom. The molecule has 1 N–H and O–H groups in total. The van der Waals surface area contributed by atoms with Crippen molar-refractivity contribution in [3.05, 3.63) is 0 Å². The van der Waals surface area contributed by atoms with E-state index in [-0.39, 0.29) is 24.1 Å². The van der Waals surface area contributed by atoms with Gasteiger partial charge in [-0.2, -0.15) is 0 Å². The predicted molar refractivity (Wildman–Crippen MR) is 76.3 cm³/mol. The molecule has 1 aliphatic rings. The highest BCUT2D eigenvalue weighted by atomic mass is 32.2. The first kappa shape index (κ1) is 16.4. The van der Waals surface area contributed by atoms with Crippen LogP contribution in [0, 0.1) is 5.92 Å². The smallest absolute Gasteiger partial charge is 0.223 e. The molecule has 1 fully saturated rings. The van der Waals surface area contributed by atoms with E-state index >= 15 is 0 Å². The minimum absolute atomic E-state index is 0.00214. The van der Waals surface area contributed by atoms with Crippen LogP contribution in [0.15, 0.2) is 0 Å². The summed E-state index contributed by atoms with van der Waals surface area (Å²) in [7, 11) is -3.20. The van der Waals surface area contributed by atoms with E-state index in [0.29, 0.717) is 13.1 Å². The quantitative estimate of drug-likeness (QED) is 0.770. The number of piperidine rings is 1. The Kier molecular flexibility index (Phi) is 6.79. The van der Waals surface area contributed by atoms with E-state index < -0.39 is 10.0 Å². The molecule has 0 aliphatic carbocycles. The van der Waals surface area contributed by atoms with Crippen LogP contribution in [0.4, 0.5) is 0 Å². The van der Waals surface area contributed by atoms with Crippen LogP contribution in [-0.4, -0.2) is 44.0 Å². The molecule has 0 aromatic carbocycles. The molecule has 0 bridgehead atoms. The average molecular weight is 290 g/mol. The second-order valence-electron chi connectivity index (χ2n) is 5.08. The lowest BCUT2D eigenvalue weighted by atomic mass is 10.0. The van der Waals surface area contributed by atoms with Gasteiger partial charge in [-0.1, -0.05) is 20.3 Å². The number of hydrogen-bond acceptors (Lipinski definition) is 3. The zero-order valence-electron chi connectivity index (χ0n) is 12.0. The molecule has 1 heterocycles. The van der Waals surface area contributed by atoms with Crippen LogP contribution in [0.3, 0.4) is 0 Å². The molecule has 0 radical (unpaired) electrons. The summed E-state index contributed by atoms with van der Waals surface area (Å²) in [5.41, 5.74) is 0. The maximum atomic E-state index is 12.1. The van der Waals surface area contributed by atoms with Gasteiger partial charge in [-0.15, -0.1) is 0 Å². The summed E-state index contributed by atoms with van der Waals surface area (Å²) >= 11 is 0. The van der Waals surface area contributed by atoms with Crippen molar-refractivity contribution < 1.29 is 13.2 Å². The fourth-order valence-corrected chi connectivity index (χ4v) is 3.81. The molecule has 0 aromatic heterocycles. The normalized spacial score (nSPS) is 17.6. The standard InChI is InChI=1S/C13H26N2O3S/c1-3-12(4-2)13(16)14-8-11-19(17,18)15-9-6-5-7-10-15/h12H,3-11H2,1-2H3,(H,14,16). The van der Waals surface area contributed by atoms with Crippen molar-refractivity contribution in [2.24, 2.45) is 5.92 Å². The molecular formula is C13H26N2O3S. The van der Waals surface area contributed by atoms with Gasteiger partial charge < -0.3 is 5.32 Å². The van der Waals surface area contributed by atoms with Gasteiger partial charge in [-0.3, -0.25) is 4.79 Å². The first-order chi connectivity index (χ1) is 9.01. The summed E-state index contributed by atoms with van der Waals surface area (Å²) in [4.78, 5) is 11.7. The highest BCUT2D eigenvalue weighted by Gasteiger charge is 2.24. The third kappa shape index (κ3) is 5.10. The van der Waals surface area contributed by atoms with Gasteiger partial charge >= 0.3 is 0 Å². The molecule has 0 unspecified atom stereocenters. The molecule has 0 atom stereocenters. The number of nitrogens with one attached hydrogen (secondary N) is 1. The molecule has 19 heavy (non-hydrogen) atoms. The minimum Gasteiger partial charge on any atom is -0.355 e. The molecule has 1 amide bonds. The Morgan fingerprint density at radius 3 is 2.26 bits per heavy atom. The highest BCUT2D eigenvalue weighted by Crippen LogP contribution is 2.13. The maximum absolute atomic E-state index is 12.1. The van der Waals surface area contributed by atoms with E-state index in [1.165, 1.54) is 0 Å². The largest absolute Gasteiger partial charge is 0.355 e. The molecular weight excluding hydrogens is 264 g/mol. The van der Waals surface area contributed by atoms with Crippen molar-refractivity contribution in [1.82, 2.24) is 9.62 Å². The number of hydrogen-bond donors (Lipinski definition) is 1. The molecule has 6 heteroatoms. The van der Waals surface area contributed by atoms with Crippen molar-refractivity contribution >= 4 is 15.9 Å². The van der Waals surface area contributed by atoms with Gasteiger partial charge in [0.2, 0.25) is 15.9 Å². The van der Waals surface area contributed by atoms with Crippen LogP contribution < -0.4 is 5.32 Å². The van der Waals surface area contributed by atoms with Crippen LogP contribution >= 0.6 is 0 Å². The molecule has 0 saturated carbocycles. The van der Waals surface area contributed by atoms with E-state index in [0.717, 1.165) is 32.1 Å². The number of sulfonamides is 1. The summed E-state index contributed by atoms with van der Waals surface area (Å²) in [6.07, 6.45) is 4.58. The highest BCUT2D eigenvalue weighted by molar-refractivity contribution is 7.89. The van der Waals surface area contributed by atoms with E-state index in [1.807, 2.05) is 13.8 Å². The van der Waals surface area contributed by atoms with Crippen LogP contribution in [-0.2, 0) is 14.8 Å². The zero-order valence-corrected chi connectivity index (χ0v) is 12.8. The lowest BCUT2D eigenvalue weighted by molar-refractivity contribution is -0.125. The number of carbonyl (C=O) groups is 1. The number of nitrogens with zero attached hydrogens (tertiary/aromatic N) is 1. The van der Waals surface area contributed by atoms with E-state index in [4.69, 9.17) is 0 Å². The van der Waals surface area contributed by atoms with Gasteiger partial charge in [0.25, 0.3) is 0 Å². The fourth-order valence-electron chi connectivity index (χ4n) is 2.38. The second kappa shape index (κ2) is 7.85. The lowest BCUT2D eigenvalue weighted by Gasteiger charge is -2.26. The number of carbonyl (C=O) groups excluding carboxylic acids is 1.